The molecule has 0 aromatic heterocycles. The van der Waals surface area contributed by atoms with Gasteiger partial charge in [0.1, 0.15) is 6.10 Å². The molecule has 0 bridgehead atoms. The predicted molar refractivity (Wildman–Crippen MR) is 151 cm³/mol. The molecule has 0 aromatic rings. The first kappa shape index (κ1) is 27.6. The number of hydrogen-bond donors (Lipinski definition) is 2. The van der Waals surface area contributed by atoms with Crippen LogP contribution < -0.4 is 11.2 Å². The second-order valence-electron chi connectivity index (χ2n) is 13.3. The first-order valence-electron chi connectivity index (χ1n) is 14.5. The van der Waals surface area contributed by atoms with Crippen molar-refractivity contribution in [2.75, 3.05) is 0 Å². The van der Waals surface area contributed by atoms with Gasteiger partial charge in [0.2, 0.25) is 0 Å². The number of carbonyl (C=O) groups is 1. The number of hydrazone groups is 1. The molecule has 5 nitrogen and oxygen atoms in total. The molecule has 4 aliphatic rings. The molecule has 0 aromatic carbocycles. The summed E-state index contributed by atoms with van der Waals surface area (Å²) in [6.45, 7) is 13.8. The smallest absolute Gasteiger partial charge is 0.302 e. The van der Waals surface area contributed by atoms with E-state index in [4.69, 9.17) is 27.8 Å². The molecule has 0 spiro atoms. The van der Waals surface area contributed by atoms with Crippen LogP contribution in [-0.2, 0) is 9.53 Å². The van der Waals surface area contributed by atoms with Crippen molar-refractivity contribution >= 4 is 29.0 Å². The maximum absolute atomic E-state index is 11.7. The van der Waals surface area contributed by atoms with Crippen molar-refractivity contribution < 1.29 is 9.53 Å². The predicted octanol–water partition coefficient (Wildman–Crippen LogP) is 6.76. The number of esters is 1. The van der Waals surface area contributed by atoms with Crippen molar-refractivity contribution in [1.82, 2.24) is 5.43 Å². The largest absolute Gasteiger partial charge is 0.462 e. The minimum absolute atomic E-state index is 0.0282. The first-order valence-corrected chi connectivity index (χ1v) is 14.9. The third kappa shape index (κ3) is 5.26. The zero-order valence-electron chi connectivity index (χ0n) is 23.4. The lowest BCUT2D eigenvalue weighted by atomic mass is 9.46. The van der Waals surface area contributed by atoms with E-state index in [1.165, 1.54) is 57.4 Å². The number of carbonyl (C=O) groups excluding carboxylic acids is 1. The molecule has 6 heteroatoms. The Balaban J connectivity index is 1.63. The van der Waals surface area contributed by atoms with Crippen molar-refractivity contribution in [2.24, 2.45) is 57.2 Å². The van der Waals surface area contributed by atoms with Crippen LogP contribution >= 0.6 is 12.2 Å². The fraction of sp³-hybridized carbons (Fsp3) is 0.833. The number of nitrogens with two attached hydrogens (primary N) is 1. The third-order valence-corrected chi connectivity index (χ3v) is 10.8. The minimum Gasteiger partial charge on any atom is -0.462 e. The summed E-state index contributed by atoms with van der Waals surface area (Å²) in [7, 11) is 0. The van der Waals surface area contributed by atoms with Crippen LogP contribution in [0.4, 0.5) is 0 Å². The second kappa shape index (κ2) is 10.7. The van der Waals surface area contributed by atoms with Gasteiger partial charge in [-0.3, -0.25) is 10.2 Å². The van der Waals surface area contributed by atoms with Crippen LogP contribution in [0.5, 0.6) is 0 Å². The number of thiocarbonyl (C=S) groups is 1. The molecule has 3 saturated carbocycles. The molecule has 202 valence electrons. The van der Waals surface area contributed by atoms with E-state index in [-0.39, 0.29) is 22.6 Å². The van der Waals surface area contributed by atoms with Gasteiger partial charge in [-0.15, -0.1) is 0 Å². The molecule has 0 amide bonds. The number of rotatable bonds is 7. The van der Waals surface area contributed by atoms with Crippen LogP contribution in [0.3, 0.4) is 0 Å². The summed E-state index contributed by atoms with van der Waals surface area (Å²) in [4.78, 5) is 11.7. The van der Waals surface area contributed by atoms with Crippen molar-refractivity contribution in [3.8, 4) is 0 Å². The number of allylic oxidation sites excluding steroid dienone is 1. The monoisotopic (exact) mass is 515 g/mol. The van der Waals surface area contributed by atoms with E-state index >= 15 is 0 Å². The van der Waals surface area contributed by atoms with Crippen LogP contribution in [0.2, 0.25) is 0 Å². The fourth-order valence-corrected chi connectivity index (χ4v) is 9.02. The lowest BCUT2D eigenvalue weighted by molar-refractivity contribution is -0.148. The molecule has 0 radical (unpaired) electrons. The molecule has 3 fully saturated rings. The van der Waals surface area contributed by atoms with E-state index in [2.05, 4.69) is 46.1 Å². The summed E-state index contributed by atoms with van der Waals surface area (Å²) in [6, 6.07) is 0. The van der Waals surface area contributed by atoms with Gasteiger partial charge in [0, 0.05) is 19.3 Å². The quantitative estimate of drug-likeness (QED) is 0.223. The van der Waals surface area contributed by atoms with Crippen LogP contribution in [0, 0.1) is 46.3 Å². The molecule has 0 aliphatic heterocycles. The fourth-order valence-electron chi connectivity index (χ4n) is 8.98. The second-order valence-corrected chi connectivity index (χ2v) is 13.8. The topological polar surface area (TPSA) is 76.7 Å². The van der Waals surface area contributed by atoms with E-state index < -0.39 is 0 Å². The van der Waals surface area contributed by atoms with Crippen LogP contribution in [-0.4, -0.2) is 22.9 Å². The maximum Gasteiger partial charge on any atom is 0.302 e. The molecule has 4 aliphatic carbocycles. The van der Waals surface area contributed by atoms with E-state index in [9.17, 15) is 4.79 Å². The van der Waals surface area contributed by atoms with E-state index in [0.717, 1.165) is 42.7 Å². The highest BCUT2D eigenvalue weighted by Crippen LogP contribution is 2.67. The SMILES string of the molecule is CC(=O)O[C@H]1CC[C@@]2(C)C(=C/C(=N\NC(N)=S)C3C2CC[C@@]2(C)C3CC[C@@H]2[C@H](C)CCCC(C)C)C1. The zero-order chi connectivity index (χ0) is 26.3. The summed E-state index contributed by atoms with van der Waals surface area (Å²) in [5.74, 6) is 3.80. The molecular weight excluding hydrogens is 466 g/mol. The normalized spacial score (nSPS) is 39.6. The Labute approximate surface area is 224 Å². The Morgan fingerprint density at radius 3 is 2.58 bits per heavy atom. The Hall–Kier alpha value is -1.43. The number of fused-ring (bicyclic) bond motifs is 5. The van der Waals surface area contributed by atoms with Crippen LogP contribution in [0.1, 0.15) is 106 Å². The number of hydrogen-bond acceptors (Lipinski definition) is 4. The number of nitrogens with one attached hydrogen (secondary N) is 1. The standard InChI is InChI=1S/C30H49N3O2S/c1-18(2)8-7-9-19(3)23-10-11-24-27-25(13-15-30(23,24)6)29(5)14-12-22(35-20(4)34)16-21(29)17-26(27)32-33-28(31)36/h17-19,22-25,27H,7-16H2,1-6H3,(H3,31,33,36)/b32-26+/t19-,22+,23-,24?,25?,27?,29+,30-/m1/s1. The third-order valence-electron chi connectivity index (χ3n) is 10.7. The van der Waals surface area contributed by atoms with Crippen molar-refractivity contribution in [1.29, 1.82) is 0 Å². The lowest BCUT2D eigenvalue weighted by Gasteiger charge is -2.58. The molecule has 36 heavy (non-hydrogen) atoms. The zero-order valence-corrected chi connectivity index (χ0v) is 24.3. The van der Waals surface area contributed by atoms with E-state index in [1.54, 1.807) is 0 Å². The number of nitrogens with zero attached hydrogens (tertiary/aromatic N) is 1. The maximum atomic E-state index is 11.7. The molecule has 3 unspecified atom stereocenters. The van der Waals surface area contributed by atoms with Gasteiger partial charge in [0.25, 0.3) is 0 Å². The summed E-state index contributed by atoms with van der Waals surface area (Å²) < 4.78 is 5.65. The molecule has 3 N–H and O–H groups in total. The van der Waals surface area contributed by atoms with Crippen LogP contribution in [0.25, 0.3) is 0 Å². The van der Waals surface area contributed by atoms with Crippen molar-refractivity contribution in [3.63, 3.8) is 0 Å². The van der Waals surface area contributed by atoms with Gasteiger partial charge in [-0.25, -0.2) is 0 Å². The molecule has 8 atom stereocenters. The van der Waals surface area contributed by atoms with Gasteiger partial charge in [-0.1, -0.05) is 59.5 Å². The van der Waals surface area contributed by atoms with Gasteiger partial charge in [0.15, 0.2) is 5.11 Å². The molecule has 0 heterocycles. The van der Waals surface area contributed by atoms with Crippen molar-refractivity contribution in [3.05, 3.63) is 11.6 Å². The Morgan fingerprint density at radius 2 is 1.92 bits per heavy atom. The van der Waals surface area contributed by atoms with Crippen LogP contribution in [0.15, 0.2) is 16.8 Å². The summed E-state index contributed by atoms with van der Waals surface area (Å²) in [5, 5.41) is 5.04. The highest BCUT2D eigenvalue weighted by atomic mass is 32.1. The Bertz CT molecular complexity index is 914. The highest BCUT2D eigenvalue weighted by molar-refractivity contribution is 7.80. The van der Waals surface area contributed by atoms with E-state index in [0.29, 0.717) is 23.2 Å². The van der Waals surface area contributed by atoms with Gasteiger partial charge in [0.05, 0.1) is 5.71 Å². The Kier molecular flexibility index (Phi) is 8.24. The van der Waals surface area contributed by atoms with Gasteiger partial charge >= 0.3 is 5.97 Å². The van der Waals surface area contributed by atoms with Gasteiger partial charge in [-0.05, 0) is 97.2 Å². The van der Waals surface area contributed by atoms with Gasteiger partial charge in [-0.2, -0.15) is 5.10 Å². The summed E-state index contributed by atoms with van der Waals surface area (Å²) in [5.41, 5.74) is 11.8. The summed E-state index contributed by atoms with van der Waals surface area (Å²) >= 11 is 5.12. The Morgan fingerprint density at radius 1 is 1.17 bits per heavy atom. The minimum atomic E-state index is -0.185. The average Bonchev–Trinajstić information content (AvgIpc) is 3.14. The average molecular weight is 516 g/mol. The molecular formula is C30H49N3O2S. The number of ether oxygens (including phenoxy) is 1. The van der Waals surface area contributed by atoms with E-state index in [1.807, 2.05) is 0 Å². The highest BCUT2D eigenvalue weighted by Gasteiger charge is 2.60. The molecule has 4 rings (SSSR count). The molecule has 0 saturated heterocycles. The summed E-state index contributed by atoms with van der Waals surface area (Å²) in [6.07, 6.45) is 14.3. The lowest BCUT2D eigenvalue weighted by Crippen LogP contribution is -2.54. The van der Waals surface area contributed by atoms with Gasteiger partial charge < -0.3 is 10.5 Å². The first-order chi connectivity index (χ1) is 17.0. The van der Waals surface area contributed by atoms with Crippen molar-refractivity contribution in [2.45, 2.75) is 112 Å².